The molecule has 0 aliphatic carbocycles. The normalized spacial score (nSPS) is 13.4. The molecule has 0 saturated heterocycles. The van der Waals surface area contributed by atoms with Gasteiger partial charge in [-0.15, -0.1) is 0 Å². The first-order valence-electron chi connectivity index (χ1n) is 7.65. The number of aromatic amines is 1. The van der Waals surface area contributed by atoms with Crippen LogP contribution in [0.1, 0.15) is 52.3 Å². The van der Waals surface area contributed by atoms with Gasteiger partial charge in [-0.2, -0.15) is 5.26 Å². The second-order valence-corrected chi connectivity index (χ2v) is 6.83. The van der Waals surface area contributed by atoms with Crippen molar-refractivity contribution in [1.29, 1.82) is 5.26 Å². The first-order valence-corrected chi connectivity index (χ1v) is 7.65. The van der Waals surface area contributed by atoms with E-state index in [0.29, 0.717) is 18.4 Å². The highest BCUT2D eigenvalue weighted by molar-refractivity contribution is 5.25. The SMILES string of the molecule is CC(C)OCC(O)Cn1[nH]c(C(C)(C)C)c(CCC#N)c1=O. The van der Waals surface area contributed by atoms with Crippen molar-refractivity contribution in [2.45, 2.75) is 71.6 Å². The van der Waals surface area contributed by atoms with Crippen molar-refractivity contribution in [3.05, 3.63) is 21.6 Å². The van der Waals surface area contributed by atoms with E-state index in [-0.39, 0.29) is 30.2 Å². The van der Waals surface area contributed by atoms with Gasteiger partial charge in [0.05, 0.1) is 31.4 Å². The fourth-order valence-electron chi connectivity index (χ4n) is 2.25. The predicted octanol–water partition coefficient (Wildman–Crippen LogP) is 1.72. The summed E-state index contributed by atoms with van der Waals surface area (Å²) in [7, 11) is 0. The summed E-state index contributed by atoms with van der Waals surface area (Å²) in [6.45, 7) is 10.2. The Labute approximate surface area is 131 Å². The lowest BCUT2D eigenvalue weighted by atomic mass is 9.88. The van der Waals surface area contributed by atoms with Crippen molar-refractivity contribution in [1.82, 2.24) is 9.78 Å². The molecule has 6 heteroatoms. The van der Waals surface area contributed by atoms with E-state index < -0.39 is 6.10 Å². The predicted molar refractivity (Wildman–Crippen MR) is 84.8 cm³/mol. The molecule has 2 N–H and O–H groups in total. The van der Waals surface area contributed by atoms with Crippen LogP contribution in [0, 0.1) is 11.3 Å². The number of rotatable bonds is 7. The van der Waals surface area contributed by atoms with E-state index in [1.165, 1.54) is 4.68 Å². The van der Waals surface area contributed by atoms with E-state index in [1.807, 2.05) is 34.6 Å². The second kappa shape index (κ2) is 7.61. The van der Waals surface area contributed by atoms with Crippen LogP contribution in [-0.4, -0.2) is 33.7 Å². The fraction of sp³-hybridized carbons (Fsp3) is 0.750. The Hall–Kier alpha value is -1.58. The lowest BCUT2D eigenvalue weighted by Gasteiger charge is -2.18. The Bertz CT molecular complexity index is 573. The number of nitrogens with one attached hydrogen (secondary N) is 1. The lowest BCUT2D eigenvalue weighted by molar-refractivity contribution is -0.00244. The summed E-state index contributed by atoms with van der Waals surface area (Å²) < 4.78 is 6.78. The van der Waals surface area contributed by atoms with Crippen LogP contribution in [0.15, 0.2) is 4.79 Å². The van der Waals surface area contributed by atoms with Gasteiger partial charge in [0.15, 0.2) is 0 Å². The number of aromatic nitrogens is 2. The van der Waals surface area contributed by atoms with E-state index in [2.05, 4.69) is 11.2 Å². The summed E-state index contributed by atoms with van der Waals surface area (Å²) in [6, 6.07) is 2.07. The van der Waals surface area contributed by atoms with Gasteiger partial charge in [0.25, 0.3) is 5.56 Å². The number of nitrogens with zero attached hydrogens (tertiary/aromatic N) is 2. The summed E-state index contributed by atoms with van der Waals surface area (Å²) in [5.41, 5.74) is 1.06. The molecule has 22 heavy (non-hydrogen) atoms. The molecule has 0 fully saturated rings. The largest absolute Gasteiger partial charge is 0.389 e. The minimum Gasteiger partial charge on any atom is -0.389 e. The molecule has 124 valence electrons. The topological polar surface area (TPSA) is 91.0 Å². The van der Waals surface area contributed by atoms with Gasteiger partial charge in [0.2, 0.25) is 0 Å². The molecule has 1 aromatic rings. The second-order valence-electron chi connectivity index (χ2n) is 6.83. The number of H-pyrrole nitrogens is 1. The molecule has 1 rings (SSSR count). The van der Waals surface area contributed by atoms with Crippen LogP contribution in [-0.2, 0) is 23.1 Å². The van der Waals surface area contributed by atoms with Crippen LogP contribution in [0.3, 0.4) is 0 Å². The van der Waals surface area contributed by atoms with Crippen LogP contribution < -0.4 is 5.56 Å². The third kappa shape index (κ3) is 5.00. The molecule has 0 spiro atoms. The number of aliphatic hydroxyl groups is 1. The summed E-state index contributed by atoms with van der Waals surface area (Å²) in [6.07, 6.45) is 0.000817. The highest BCUT2D eigenvalue weighted by Gasteiger charge is 2.24. The Balaban J connectivity index is 2.99. The van der Waals surface area contributed by atoms with Crippen molar-refractivity contribution in [3.63, 3.8) is 0 Å². The van der Waals surface area contributed by atoms with E-state index in [0.717, 1.165) is 5.69 Å². The van der Waals surface area contributed by atoms with Crippen LogP contribution in [0.5, 0.6) is 0 Å². The van der Waals surface area contributed by atoms with E-state index in [4.69, 9.17) is 10.00 Å². The summed E-state index contributed by atoms with van der Waals surface area (Å²) in [4.78, 5) is 12.5. The van der Waals surface area contributed by atoms with Gasteiger partial charge < -0.3 is 9.84 Å². The van der Waals surface area contributed by atoms with Crippen molar-refractivity contribution >= 4 is 0 Å². The van der Waals surface area contributed by atoms with Crippen molar-refractivity contribution in [3.8, 4) is 6.07 Å². The maximum Gasteiger partial charge on any atom is 0.270 e. The molecule has 6 nitrogen and oxygen atoms in total. The first kappa shape index (κ1) is 18.5. The molecule has 0 aliphatic heterocycles. The minimum absolute atomic E-state index is 0.0336. The smallest absolute Gasteiger partial charge is 0.270 e. The zero-order valence-electron chi connectivity index (χ0n) is 14.1. The molecular weight excluding hydrogens is 282 g/mol. The number of aliphatic hydroxyl groups excluding tert-OH is 1. The first-order chi connectivity index (χ1) is 10.2. The van der Waals surface area contributed by atoms with E-state index in [1.54, 1.807) is 0 Å². The van der Waals surface area contributed by atoms with Gasteiger partial charge in [-0.05, 0) is 20.3 Å². The highest BCUT2D eigenvalue weighted by Crippen LogP contribution is 2.23. The standard InChI is InChI=1S/C16H27N3O3/c1-11(2)22-10-12(20)9-19-15(21)13(7-6-8-17)14(18-19)16(3,4)5/h11-12,18,20H,6-7,9-10H2,1-5H3. The van der Waals surface area contributed by atoms with Crippen molar-refractivity contribution in [2.75, 3.05) is 6.61 Å². The average molecular weight is 309 g/mol. The molecule has 0 saturated carbocycles. The monoisotopic (exact) mass is 309 g/mol. The number of ether oxygens (including phenoxy) is 1. The summed E-state index contributed by atoms with van der Waals surface area (Å²) in [5, 5.41) is 21.9. The number of hydrogen-bond acceptors (Lipinski definition) is 4. The molecule has 0 amide bonds. The lowest BCUT2D eigenvalue weighted by Crippen LogP contribution is -2.29. The molecule has 0 aliphatic rings. The Morgan fingerprint density at radius 1 is 1.41 bits per heavy atom. The van der Waals surface area contributed by atoms with E-state index >= 15 is 0 Å². The van der Waals surface area contributed by atoms with Crippen LogP contribution >= 0.6 is 0 Å². The van der Waals surface area contributed by atoms with Crippen molar-refractivity contribution in [2.24, 2.45) is 0 Å². The Morgan fingerprint density at radius 3 is 2.55 bits per heavy atom. The number of nitriles is 1. The maximum absolute atomic E-state index is 12.5. The highest BCUT2D eigenvalue weighted by atomic mass is 16.5. The van der Waals surface area contributed by atoms with Crippen molar-refractivity contribution < 1.29 is 9.84 Å². The molecule has 1 heterocycles. The zero-order valence-corrected chi connectivity index (χ0v) is 14.1. The third-order valence-corrected chi connectivity index (χ3v) is 3.30. The van der Waals surface area contributed by atoms with Gasteiger partial charge in [-0.3, -0.25) is 14.6 Å². The quantitative estimate of drug-likeness (QED) is 0.802. The van der Waals surface area contributed by atoms with Crippen LogP contribution in [0.4, 0.5) is 0 Å². The third-order valence-electron chi connectivity index (χ3n) is 3.30. The Morgan fingerprint density at radius 2 is 2.05 bits per heavy atom. The zero-order chi connectivity index (χ0) is 16.9. The summed E-state index contributed by atoms with van der Waals surface area (Å²) in [5.74, 6) is 0. The van der Waals surface area contributed by atoms with Gasteiger partial charge in [0, 0.05) is 23.1 Å². The van der Waals surface area contributed by atoms with Gasteiger partial charge in [-0.1, -0.05) is 20.8 Å². The molecule has 1 aromatic heterocycles. The van der Waals surface area contributed by atoms with Gasteiger partial charge >= 0.3 is 0 Å². The molecule has 0 aromatic carbocycles. The van der Waals surface area contributed by atoms with Crippen LogP contribution in [0.25, 0.3) is 0 Å². The van der Waals surface area contributed by atoms with Gasteiger partial charge in [0.1, 0.15) is 0 Å². The molecule has 1 atom stereocenters. The minimum atomic E-state index is -0.754. The van der Waals surface area contributed by atoms with E-state index in [9.17, 15) is 9.90 Å². The fourth-order valence-corrected chi connectivity index (χ4v) is 2.25. The number of hydrogen-bond donors (Lipinski definition) is 2. The molecular formula is C16H27N3O3. The van der Waals surface area contributed by atoms with Gasteiger partial charge in [-0.25, -0.2) is 0 Å². The Kier molecular flexibility index (Phi) is 6.39. The molecule has 1 unspecified atom stereocenters. The average Bonchev–Trinajstić information content (AvgIpc) is 2.71. The molecule has 0 bridgehead atoms. The molecule has 0 radical (unpaired) electrons. The maximum atomic E-state index is 12.5. The summed E-state index contributed by atoms with van der Waals surface area (Å²) >= 11 is 0. The van der Waals surface area contributed by atoms with Crippen LogP contribution in [0.2, 0.25) is 0 Å².